The number of hydrogen-bond donors (Lipinski definition) is 1. The van der Waals surface area contributed by atoms with Crippen molar-refractivity contribution in [3.8, 4) is 34.2 Å². The SMILES string of the molecule is COc1cccc(F)c1-c1nccc(-c2cnn(-c3cccc(N4C[C@@H](N)[C@@H](C)C4)n3)c2)n1. The first-order valence-corrected chi connectivity index (χ1v) is 10.7. The van der Waals surface area contributed by atoms with E-state index in [0.29, 0.717) is 23.2 Å². The van der Waals surface area contributed by atoms with Crippen molar-refractivity contribution in [2.75, 3.05) is 25.1 Å². The number of nitrogens with zero attached hydrogens (tertiary/aromatic N) is 6. The maximum Gasteiger partial charge on any atom is 0.166 e. The number of pyridine rings is 1. The Hall–Kier alpha value is -3.85. The van der Waals surface area contributed by atoms with Gasteiger partial charge in [0.15, 0.2) is 11.6 Å². The number of aromatic nitrogens is 5. The average molecular weight is 446 g/mol. The second-order valence-electron chi connectivity index (χ2n) is 8.16. The van der Waals surface area contributed by atoms with E-state index in [1.165, 1.54) is 13.2 Å². The summed E-state index contributed by atoms with van der Waals surface area (Å²) in [4.78, 5) is 15.8. The Morgan fingerprint density at radius 2 is 1.88 bits per heavy atom. The minimum atomic E-state index is -0.445. The van der Waals surface area contributed by atoms with Gasteiger partial charge in [0.1, 0.15) is 17.4 Å². The van der Waals surface area contributed by atoms with E-state index in [9.17, 15) is 4.39 Å². The van der Waals surface area contributed by atoms with Gasteiger partial charge in [0.25, 0.3) is 0 Å². The lowest BCUT2D eigenvalue weighted by atomic mass is 10.1. The molecule has 3 aromatic heterocycles. The molecule has 9 heteroatoms. The summed E-state index contributed by atoms with van der Waals surface area (Å²) in [5, 5.41) is 4.47. The van der Waals surface area contributed by atoms with Crippen molar-refractivity contribution in [3.63, 3.8) is 0 Å². The zero-order chi connectivity index (χ0) is 22.9. The van der Waals surface area contributed by atoms with Crippen molar-refractivity contribution in [2.24, 2.45) is 11.7 Å². The van der Waals surface area contributed by atoms with Gasteiger partial charge in [0, 0.05) is 37.1 Å². The lowest BCUT2D eigenvalue weighted by Gasteiger charge is -2.17. The zero-order valence-electron chi connectivity index (χ0n) is 18.4. The van der Waals surface area contributed by atoms with Gasteiger partial charge >= 0.3 is 0 Å². The van der Waals surface area contributed by atoms with Crippen molar-refractivity contribution < 1.29 is 9.13 Å². The van der Waals surface area contributed by atoms with Gasteiger partial charge in [0.2, 0.25) is 0 Å². The fourth-order valence-electron chi connectivity index (χ4n) is 4.01. The van der Waals surface area contributed by atoms with Crippen molar-refractivity contribution >= 4 is 5.82 Å². The minimum Gasteiger partial charge on any atom is -0.496 e. The third kappa shape index (κ3) is 4.03. The average Bonchev–Trinajstić information content (AvgIpc) is 3.46. The number of methoxy groups -OCH3 is 1. The Morgan fingerprint density at radius 1 is 1.06 bits per heavy atom. The van der Waals surface area contributed by atoms with Crippen LogP contribution in [0.15, 0.2) is 61.1 Å². The molecule has 5 rings (SSSR count). The van der Waals surface area contributed by atoms with Crippen LogP contribution in [0.25, 0.3) is 28.5 Å². The number of rotatable bonds is 5. The summed E-state index contributed by atoms with van der Waals surface area (Å²) in [5.41, 5.74) is 7.78. The van der Waals surface area contributed by atoms with E-state index in [2.05, 4.69) is 26.9 Å². The summed E-state index contributed by atoms with van der Waals surface area (Å²) in [5.74, 6) is 2.16. The highest BCUT2D eigenvalue weighted by Crippen LogP contribution is 2.31. The minimum absolute atomic E-state index is 0.145. The van der Waals surface area contributed by atoms with Crippen molar-refractivity contribution in [3.05, 3.63) is 66.9 Å². The maximum atomic E-state index is 14.5. The van der Waals surface area contributed by atoms with E-state index in [4.69, 9.17) is 15.5 Å². The quantitative estimate of drug-likeness (QED) is 0.503. The van der Waals surface area contributed by atoms with Gasteiger partial charge in [-0.15, -0.1) is 0 Å². The third-order valence-corrected chi connectivity index (χ3v) is 5.90. The van der Waals surface area contributed by atoms with Crippen LogP contribution in [0.4, 0.5) is 10.2 Å². The van der Waals surface area contributed by atoms with Gasteiger partial charge in [-0.2, -0.15) is 5.10 Å². The van der Waals surface area contributed by atoms with E-state index >= 15 is 0 Å². The molecule has 4 heterocycles. The lowest BCUT2D eigenvalue weighted by molar-refractivity contribution is 0.413. The highest BCUT2D eigenvalue weighted by Gasteiger charge is 2.27. The Bertz CT molecular complexity index is 1280. The smallest absolute Gasteiger partial charge is 0.166 e. The van der Waals surface area contributed by atoms with Gasteiger partial charge in [-0.1, -0.05) is 19.1 Å². The maximum absolute atomic E-state index is 14.5. The summed E-state index contributed by atoms with van der Waals surface area (Å²) in [7, 11) is 1.49. The molecule has 8 nitrogen and oxygen atoms in total. The summed E-state index contributed by atoms with van der Waals surface area (Å²) in [6.07, 6.45) is 5.14. The number of hydrogen-bond acceptors (Lipinski definition) is 7. The number of halogens is 1. The first-order valence-electron chi connectivity index (χ1n) is 10.7. The summed E-state index contributed by atoms with van der Waals surface area (Å²) in [6, 6.07) is 12.4. The van der Waals surface area contributed by atoms with Crippen LogP contribution in [0, 0.1) is 11.7 Å². The Morgan fingerprint density at radius 3 is 2.67 bits per heavy atom. The predicted octanol–water partition coefficient (Wildman–Crippen LogP) is 3.32. The molecule has 0 radical (unpaired) electrons. The predicted molar refractivity (Wildman–Crippen MR) is 124 cm³/mol. The number of anilines is 1. The zero-order valence-corrected chi connectivity index (χ0v) is 18.4. The second-order valence-corrected chi connectivity index (χ2v) is 8.16. The highest BCUT2D eigenvalue weighted by molar-refractivity contribution is 5.68. The standard InChI is InChI=1S/C24H24FN7O/c1-15-12-31(14-18(15)26)21-7-4-8-22(30-21)32-13-16(11-28-32)19-9-10-27-24(29-19)23-17(25)5-3-6-20(23)33-2/h3-11,13,15,18H,12,14,26H2,1-2H3/t15-,18+/m0/s1. The largest absolute Gasteiger partial charge is 0.496 e. The fraction of sp³-hybridized carbons (Fsp3) is 0.250. The van der Waals surface area contributed by atoms with E-state index in [1.807, 2.05) is 24.4 Å². The first-order chi connectivity index (χ1) is 16.0. The van der Waals surface area contributed by atoms with Crippen LogP contribution in [0.5, 0.6) is 5.75 Å². The van der Waals surface area contributed by atoms with Crippen molar-refractivity contribution in [1.29, 1.82) is 0 Å². The molecule has 1 aliphatic heterocycles. The molecule has 0 amide bonds. The van der Waals surface area contributed by atoms with Crippen LogP contribution in [0.2, 0.25) is 0 Å². The second kappa shape index (κ2) is 8.59. The molecule has 1 saturated heterocycles. The number of nitrogens with two attached hydrogens (primary N) is 1. The van der Waals surface area contributed by atoms with Gasteiger partial charge in [-0.3, -0.25) is 0 Å². The van der Waals surface area contributed by atoms with Crippen LogP contribution >= 0.6 is 0 Å². The van der Waals surface area contributed by atoms with E-state index in [1.54, 1.807) is 35.3 Å². The molecule has 0 saturated carbocycles. The molecule has 0 bridgehead atoms. The normalized spacial score (nSPS) is 18.0. The van der Waals surface area contributed by atoms with Crippen molar-refractivity contribution in [1.82, 2.24) is 24.7 Å². The fourth-order valence-corrected chi connectivity index (χ4v) is 4.01. The first kappa shape index (κ1) is 21.0. The van der Waals surface area contributed by atoms with Gasteiger partial charge < -0.3 is 15.4 Å². The van der Waals surface area contributed by atoms with E-state index < -0.39 is 5.82 Å². The van der Waals surface area contributed by atoms with Gasteiger partial charge in [-0.25, -0.2) is 24.0 Å². The lowest BCUT2D eigenvalue weighted by Crippen LogP contribution is -2.28. The summed E-state index contributed by atoms with van der Waals surface area (Å²) < 4.78 is 21.5. The molecule has 1 fully saturated rings. The van der Waals surface area contributed by atoms with Crippen LogP contribution in [-0.4, -0.2) is 51.0 Å². The van der Waals surface area contributed by atoms with E-state index in [0.717, 1.165) is 24.5 Å². The molecule has 2 atom stereocenters. The molecular weight excluding hydrogens is 421 g/mol. The van der Waals surface area contributed by atoms with Gasteiger partial charge in [-0.05, 0) is 36.2 Å². The van der Waals surface area contributed by atoms with Crippen LogP contribution in [-0.2, 0) is 0 Å². The Kier molecular flexibility index (Phi) is 5.47. The van der Waals surface area contributed by atoms with Crippen molar-refractivity contribution in [2.45, 2.75) is 13.0 Å². The van der Waals surface area contributed by atoms with Crippen LogP contribution in [0.3, 0.4) is 0 Å². The molecule has 4 aromatic rings. The molecule has 2 N–H and O–H groups in total. The molecule has 0 unspecified atom stereocenters. The molecule has 168 valence electrons. The molecule has 0 aliphatic carbocycles. The molecule has 1 aromatic carbocycles. The molecule has 0 spiro atoms. The summed E-state index contributed by atoms with van der Waals surface area (Å²) in [6.45, 7) is 3.82. The van der Waals surface area contributed by atoms with Crippen LogP contribution < -0.4 is 15.4 Å². The third-order valence-electron chi connectivity index (χ3n) is 5.90. The number of ether oxygens (including phenoxy) is 1. The Labute approximate surface area is 190 Å². The number of benzene rings is 1. The highest BCUT2D eigenvalue weighted by atomic mass is 19.1. The Balaban J connectivity index is 1.45. The molecule has 33 heavy (non-hydrogen) atoms. The monoisotopic (exact) mass is 445 g/mol. The van der Waals surface area contributed by atoms with Gasteiger partial charge in [0.05, 0.1) is 24.6 Å². The van der Waals surface area contributed by atoms with E-state index in [-0.39, 0.29) is 17.4 Å². The summed E-state index contributed by atoms with van der Waals surface area (Å²) >= 11 is 0. The van der Waals surface area contributed by atoms with Crippen LogP contribution in [0.1, 0.15) is 6.92 Å². The molecular formula is C24H24FN7O. The topological polar surface area (TPSA) is 95.0 Å². The molecule has 1 aliphatic rings.